The molecule has 0 aromatic heterocycles. The first kappa shape index (κ1) is 16.8. The monoisotopic (exact) mass is 282 g/mol. The molecule has 2 atom stereocenters. The van der Waals surface area contributed by atoms with Crippen molar-refractivity contribution in [3.05, 3.63) is 23.8 Å². The van der Waals surface area contributed by atoms with Crippen molar-refractivity contribution < 1.29 is 14.2 Å². The second-order valence-corrected chi connectivity index (χ2v) is 4.78. The van der Waals surface area contributed by atoms with Crippen LogP contribution in [-0.2, 0) is 4.74 Å². The molecule has 0 spiro atoms. The third-order valence-corrected chi connectivity index (χ3v) is 3.71. The first-order valence-electron chi connectivity index (χ1n) is 6.88. The summed E-state index contributed by atoms with van der Waals surface area (Å²) >= 11 is 0. The maximum atomic E-state index is 5.93. The summed E-state index contributed by atoms with van der Waals surface area (Å²) < 4.78 is 16.8. The highest BCUT2D eigenvalue weighted by Gasteiger charge is 2.37. The lowest BCUT2D eigenvalue weighted by atomic mass is 9.87. The van der Waals surface area contributed by atoms with Crippen molar-refractivity contribution >= 4 is 0 Å². The Hall–Kier alpha value is -1.30. The van der Waals surface area contributed by atoms with E-state index in [1.807, 2.05) is 32.0 Å². The summed E-state index contributed by atoms with van der Waals surface area (Å²) in [6.07, 6.45) is 0.802. The Balaban J connectivity index is 3.36. The van der Waals surface area contributed by atoms with E-state index in [0.717, 1.165) is 23.5 Å². The number of hydrogen-bond donors (Lipinski definition) is 2. The molecule has 0 radical (unpaired) electrons. The molecule has 0 saturated heterocycles. The van der Waals surface area contributed by atoms with Crippen molar-refractivity contribution in [2.75, 3.05) is 20.8 Å². The van der Waals surface area contributed by atoms with E-state index in [0.29, 0.717) is 6.61 Å². The Morgan fingerprint density at radius 1 is 1.20 bits per heavy atom. The van der Waals surface area contributed by atoms with Crippen molar-refractivity contribution in [1.29, 1.82) is 0 Å². The summed E-state index contributed by atoms with van der Waals surface area (Å²) in [5.41, 5.74) is 3.28. The van der Waals surface area contributed by atoms with Crippen LogP contribution >= 0.6 is 0 Å². The molecule has 20 heavy (non-hydrogen) atoms. The minimum atomic E-state index is -0.453. The summed E-state index contributed by atoms with van der Waals surface area (Å²) in [5.74, 6) is 7.26. The molecule has 0 heterocycles. The Bertz CT molecular complexity index is 403. The number of methoxy groups -OCH3 is 2. The third kappa shape index (κ3) is 3.23. The van der Waals surface area contributed by atoms with Crippen LogP contribution in [0.3, 0.4) is 0 Å². The molecule has 5 nitrogen and oxygen atoms in total. The van der Waals surface area contributed by atoms with Gasteiger partial charge in [-0.15, -0.1) is 0 Å². The summed E-state index contributed by atoms with van der Waals surface area (Å²) in [4.78, 5) is 0. The number of hydrazine groups is 1. The van der Waals surface area contributed by atoms with Crippen LogP contribution in [0.25, 0.3) is 0 Å². The number of nitrogens with two attached hydrogens (primary N) is 1. The number of ether oxygens (including phenoxy) is 3. The summed E-state index contributed by atoms with van der Waals surface area (Å²) in [6.45, 7) is 6.69. The minimum absolute atomic E-state index is 0.237. The minimum Gasteiger partial charge on any atom is -0.496 e. The predicted molar refractivity (Wildman–Crippen MR) is 79.9 cm³/mol. The van der Waals surface area contributed by atoms with Crippen LogP contribution in [0.2, 0.25) is 0 Å². The fourth-order valence-corrected chi connectivity index (χ4v) is 2.45. The Morgan fingerprint density at radius 3 is 2.10 bits per heavy atom. The van der Waals surface area contributed by atoms with Gasteiger partial charge in [-0.3, -0.25) is 5.84 Å². The van der Waals surface area contributed by atoms with Gasteiger partial charge in [0.2, 0.25) is 0 Å². The van der Waals surface area contributed by atoms with Crippen LogP contribution in [0.1, 0.15) is 38.8 Å². The van der Waals surface area contributed by atoms with Gasteiger partial charge in [0.25, 0.3) is 0 Å². The van der Waals surface area contributed by atoms with Gasteiger partial charge >= 0.3 is 0 Å². The van der Waals surface area contributed by atoms with Crippen molar-refractivity contribution in [3.63, 3.8) is 0 Å². The molecule has 1 aromatic carbocycles. The number of rotatable bonds is 8. The van der Waals surface area contributed by atoms with Gasteiger partial charge < -0.3 is 14.2 Å². The average Bonchev–Trinajstić information content (AvgIpc) is 2.48. The lowest BCUT2D eigenvalue weighted by molar-refractivity contribution is -0.0572. The maximum absolute atomic E-state index is 5.93. The average molecular weight is 282 g/mol. The van der Waals surface area contributed by atoms with Crippen molar-refractivity contribution in [1.82, 2.24) is 5.43 Å². The van der Waals surface area contributed by atoms with Crippen molar-refractivity contribution in [2.45, 2.75) is 38.8 Å². The number of hydrogen-bond acceptors (Lipinski definition) is 5. The van der Waals surface area contributed by atoms with E-state index in [9.17, 15) is 0 Å². The molecule has 0 aliphatic carbocycles. The molecule has 0 saturated carbocycles. The Morgan fingerprint density at radius 2 is 1.75 bits per heavy atom. The molecular weight excluding hydrogens is 256 g/mol. The maximum Gasteiger partial charge on any atom is 0.127 e. The van der Waals surface area contributed by atoms with E-state index in [1.54, 1.807) is 14.2 Å². The zero-order chi connectivity index (χ0) is 15.2. The highest BCUT2D eigenvalue weighted by Crippen LogP contribution is 2.41. The van der Waals surface area contributed by atoms with E-state index in [2.05, 4.69) is 12.3 Å². The van der Waals surface area contributed by atoms with Crippen molar-refractivity contribution in [3.8, 4) is 11.5 Å². The van der Waals surface area contributed by atoms with Crippen LogP contribution in [0.4, 0.5) is 0 Å². The molecule has 0 bridgehead atoms. The molecule has 0 aliphatic rings. The fourth-order valence-electron chi connectivity index (χ4n) is 2.45. The van der Waals surface area contributed by atoms with Gasteiger partial charge in [0.15, 0.2) is 0 Å². The lowest BCUT2D eigenvalue weighted by Gasteiger charge is -2.37. The molecule has 2 unspecified atom stereocenters. The molecule has 1 rings (SSSR count). The zero-order valence-electron chi connectivity index (χ0n) is 13.0. The van der Waals surface area contributed by atoms with E-state index in [4.69, 9.17) is 20.1 Å². The van der Waals surface area contributed by atoms with E-state index < -0.39 is 5.60 Å². The van der Waals surface area contributed by atoms with Crippen LogP contribution in [0.5, 0.6) is 11.5 Å². The van der Waals surface area contributed by atoms with Gasteiger partial charge in [-0.2, -0.15) is 0 Å². The third-order valence-electron chi connectivity index (χ3n) is 3.71. The molecular formula is C15H26N2O3. The zero-order valence-corrected chi connectivity index (χ0v) is 13.0. The van der Waals surface area contributed by atoms with Gasteiger partial charge in [-0.05, 0) is 32.4 Å². The topological polar surface area (TPSA) is 65.7 Å². The number of nitrogens with one attached hydrogen (secondary N) is 1. The largest absolute Gasteiger partial charge is 0.496 e. The van der Waals surface area contributed by atoms with E-state index in [1.165, 1.54) is 0 Å². The van der Waals surface area contributed by atoms with Crippen LogP contribution in [-0.4, -0.2) is 26.4 Å². The fraction of sp³-hybridized carbons (Fsp3) is 0.600. The smallest absolute Gasteiger partial charge is 0.127 e. The van der Waals surface area contributed by atoms with Gasteiger partial charge in [-0.25, -0.2) is 5.43 Å². The molecule has 0 aliphatic heterocycles. The SMILES string of the molecule is CCOC(C)(CC)C(NN)c1c(OC)cccc1OC. The molecule has 3 N–H and O–H groups in total. The summed E-state index contributed by atoms with van der Waals surface area (Å²) in [7, 11) is 3.27. The molecule has 0 fully saturated rings. The highest BCUT2D eigenvalue weighted by molar-refractivity contribution is 5.48. The van der Waals surface area contributed by atoms with E-state index >= 15 is 0 Å². The second kappa shape index (κ2) is 7.47. The lowest BCUT2D eigenvalue weighted by Crippen LogP contribution is -2.46. The predicted octanol–water partition coefficient (Wildman–Crippen LogP) is 2.41. The van der Waals surface area contributed by atoms with Gasteiger partial charge in [-0.1, -0.05) is 13.0 Å². The van der Waals surface area contributed by atoms with Crippen LogP contribution in [0.15, 0.2) is 18.2 Å². The second-order valence-electron chi connectivity index (χ2n) is 4.78. The summed E-state index contributed by atoms with van der Waals surface area (Å²) in [5, 5.41) is 0. The molecule has 1 aromatic rings. The standard InChI is InChI=1S/C15H26N2O3/c1-6-15(3,20-7-2)14(17-16)13-11(18-4)9-8-10-12(13)19-5/h8-10,14,17H,6-7,16H2,1-5H3. The van der Waals surface area contributed by atoms with Crippen LogP contribution in [0, 0.1) is 0 Å². The van der Waals surface area contributed by atoms with Gasteiger partial charge in [0.1, 0.15) is 11.5 Å². The molecule has 114 valence electrons. The first-order valence-corrected chi connectivity index (χ1v) is 6.88. The normalized spacial score (nSPS) is 15.5. The number of benzene rings is 1. The molecule has 5 heteroatoms. The Labute approximate surface area is 121 Å². The Kier molecular flexibility index (Phi) is 6.26. The summed E-state index contributed by atoms with van der Waals surface area (Å²) in [6, 6.07) is 5.44. The highest BCUT2D eigenvalue weighted by atomic mass is 16.5. The van der Waals surface area contributed by atoms with Crippen molar-refractivity contribution in [2.24, 2.45) is 5.84 Å². The molecule has 0 amide bonds. The van der Waals surface area contributed by atoms with Gasteiger partial charge in [0.05, 0.1) is 31.4 Å². The quantitative estimate of drug-likeness (QED) is 0.566. The van der Waals surface area contributed by atoms with E-state index in [-0.39, 0.29) is 6.04 Å². The van der Waals surface area contributed by atoms with Crippen LogP contribution < -0.4 is 20.7 Å². The van der Waals surface area contributed by atoms with Gasteiger partial charge in [0, 0.05) is 6.61 Å². The first-order chi connectivity index (χ1) is 9.57.